The van der Waals surface area contributed by atoms with Gasteiger partial charge in [-0.25, -0.2) is 9.67 Å². The van der Waals surface area contributed by atoms with Gasteiger partial charge in [-0.3, -0.25) is 4.79 Å². The number of aryl methyl sites for hydroxylation is 1. The predicted octanol–water partition coefficient (Wildman–Crippen LogP) is 3.64. The molecule has 0 radical (unpaired) electrons. The van der Waals surface area contributed by atoms with Crippen LogP contribution in [0.5, 0.6) is 0 Å². The van der Waals surface area contributed by atoms with Crippen LogP contribution < -0.4 is 5.32 Å². The summed E-state index contributed by atoms with van der Waals surface area (Å²) in [6.45, 7) is 4.08. The molecule has 122 valence electrons. The van der Waals surface area contributed by atoms with Crippen molar-refractivity contribution in [1.82, 2.24) is 14.8 Å². The largest absolute Gasteiger partial charge is 0.322 e. The van der Waals surface area contributed by atoms with Crippen molar-refractivity contribution in [3.05, 3.63) is 71.7 Å². The molecule has 0 aliphatic rings. The van der Waals surface area contributed by atoms with Gasteiger partial charge >= 0.3 is 0 Å². The third-order valence-electron chi connectivity index (χ3n) is 3.96. The van der Waals surface area contributed by atoms with E-state index in [1.165, 1.54) is 0 Å². The molecule has 0 spiro atoms. The highest BCUT2D eigenvalue weighted by Gasteiger charge is 2.18. The van der Waals surface area contributed by atoms with Crippen molar-refractivity contribution >= 4 is 11.6 Å². The summed E-state index contributed by atoms with van der Waals surface area (Å²) in [5.41, 5.74) is 3.38. The van der Waals surface area contributed by atoms with Crippen molar-refractivity contribution in [1.29, 1.82) is 0 Å². The standard InChI is InChI=1S/C19H20N4O/c1-3-14-9-5-6-10-16(14)22-19(24)15-13-21-23(17(15)4-2)18-11-7-8-12-20-18/h5-13H,3-4H2,1-2H3,(H,22,24). The van der Waals surface area contributed by atoms with Gasteiger partial charge in [-0.2, -0.15) is 5.10 Å². The van der Waals surface area contributed by atoms with Gasteiger partial charge in [0, 0.05) is 11.9 Å². The Morgan fingerprint density at radius 2 is 1.88 bits per heavy atom. The van der Waals surface area contributed by atoms with Crippen LogP contribution in [0.3, 0.4) is 0 Å². The molecule has 2 heterocycles. The first kappa shape index (κ1) is 15.9. The lowest BCUT2D eigenvalue weighted by atomic mass is 10.1. The molecule has 0 aliphatic heterocycles. The molecule has 2 aromatic heterocycles. The summed E-state index contributed by atoms with van der Waals surface area (Å²) in [6.07, 6.45) is 4.88. The van der Waals surface area contributed by atoms with Crippen LogP contribution in [-0.4, -0.2) is 20.7 Å². The monoisotopic (exact) mass is 320 g/mol. The van der Waals surface area contributed by atoms with Crippen molar-refractivity contribution < 1.29 is 4.79 Å². The maximum absolute atomic E-state index is 12.7. The first-order valence-corrected chi connectivity index (χ1v) is 8.12. The fourth-order valence-electron chi connectivity index (χ4n) is 2.72. The molecule has 1 N–H and O–H groups in total. The molecule has 0 unspecified atom stereocenters. The minimum Gasteiger partial charge on any atom is -0.322 e. The zero-order valence-corrected chi connectivity index (χ0v) is 13.9. The van der Waals surface area contributed by atoms with E-state index in [-0.39, 0.29) is 5.91 Å². The van der Waals surface area contributed by atoms with Crippen molar-refractivity contribution in [2.24, 2.45) is 0 Å². The number of hydrogen-bond donors (Lipinski definition) is 1. The lowest BCUT2D eigenvalue weighted by molar-refractivity contribution is 0.102. The molecule has 5 heteroatoms. The van der Waals surface area contributed by atoms with E-state index >= 15 is 0 Å². The molecule has 0 fully saturated rings. The summed E-state index contributed by atoms with van der Waals surface area (Å²) in [6, 6.07) is 13.5. The summed E-state index contributed by atoms with van der Waals surface area (Å²) in [5, 5.41) is 7.36. The minimum atomic E-state index is -0.144. The van der Waals surface area contributed by atoms with Crippen LogP contribution in [0.15, 0.2) is 54.9 Å². The van der Waals surface area contributed by atoms with E-state index in [2.05, 4.69) is 22.3 Å². The number of amides is 1. The number of benzene rings is 1. The van der Waals surface area contributed by atoms with Crippen LogP contribution in [0.1, 0.15) is 35.5 Å². The average Bonchev–Trinajstić information content (AvgIpc) is 3.07. The molecular formula is C19H20N4O. The molecule has 0 bridgehead atoms. The average molecular weight is 320 g/mol. The lowest BCUT2D eigenvalue weighted by Crippen LogP contribution is -2.15. The van der Waals surface area contributed by atoms with E-state index < -0.39 is 0 Å². The molecule has 3 rings (SSSR count). The van der Waals surface area contributed by atoms with Gasteiger partial charge in [-0.05, 0) is 36.6 Å². The maximum atomic E-state index is 12.7. The van der Waals surface area contributed by atoms with Crippen LogP contribution in [-0.2, 0) is 12.8 Å². The zero-order chi connectivity index (χ0) is 16.9. The van der Waals surface area contributed by atoms with Gasteiger partial charge in [0.25, 0.3) is 5.91 Å². The van der Waals surface area contributed by atoms with Crippen LogP contribution >= 0.6 is 0 Å². The van der Waals surface area contributed by atoms with E-state index in [0.717, 1.165) is 23.4 Å². The number of rotatable bonds is 5. The third kappa shape index (κ3) is 3.06. The second-order valence-electron chi connectivity index (χ2n) is 5.42. The van der Waals surface area contributed by atoms with Crippen LogP contribution in [0, 0.1) is 0 Å². The van der Waals surface area contributed by atoms with Crippen molar-refractivity contribution in [2.45, 2.75) is 26.7 Å². The van der Waals surface area contributed by atoms with Gasteiger partial charge in [0.1, 0.15) is 0 Å². The number of carbonyl (C=O) groups excluding carboxylic acids is 1. The highest BCUT2D eigenvalue weighted by atomic mass is 16.1. The van der Waals surface area contributed by atoms with Gasteiger partial charge in [0.05, 0.1) is 17.5 Å². The fraction of sp³-hybridized carbons (Fsp3) is 0.211. The van der Waals surface area contributed by atoms with Gasteiger partial charge in [-0.1, -0.05) is 38.1 Å². The number of hydrogen-bond acceptors (Lipinski definition) is 3. The van der Waals surface area contributed by atoms with Gasteiger partial charge in [-0.15, -0.1) is 0 Å². The van der Waals surface area contributed by atoms with Crippen LogP contribution in [0.2, 0.25) is 0 Å². The Morgan fingerprint density at radius 3 is 2.58 bits per heavy atom. The smallest absolute Gasteiger partial charge is 0.259 e. The van der Waals surface area contributed by atoms with E-state index in [1.54, 1.807) is 17.1 Å². The molecule has 24 heavy (non-hydrogen) atoms. The molecule has 1 amide bonds. The first-order valence-electron chi connectivity index (χ1n) is 8.12. The van der Waals surface area contributed by atoms with E-state index in [0.29, 0.717) is 17.8 Å². The minimum absolute atomic E-state index is 0.144. The second kappa shape index (κ2) is 7.08. The highest BCUT2D eigenvalue weighted by Crippen LogP contribution is 2.19. The normalized spacial score (nSPS) is 10.6. The molecule has 0 atom stereocenters. The molecule has 0 aliphatic carbocycles. The number of carbonyl (C=O) groups is 1. The zero-order valence-electron chi connectivity index (χ0n) is 13.9. The van der Waals surface area contributed by atoms with Crippen molar-refractivity contribution in [3.63, 3.8) is 0 Å². The number of aromatic nitrogens is 3. The van der Waals surface area contributed by atoms with Crippen LogP contribution in [0.4, 0.5) is 5.69 Å². The number of anilines is 1. The Morgan fingerprint density at radius 1 is 1.08 bits per heavy atom. The fourth-order valence-corrected chi connectivity index (χ4v) is 2.72. The van der Waals surface area contributed by atoms with E-state index in [1.807, 2.05) is 49.4 Å². The summed E-state index contributed by atoms with van der Waals surface area (Å²) >= 11 is 0. The number of para-hydroxylation sites is 1. The Balaban J connectivity index is 1.92. The summed E-state index contributed by atoms with van der Waals surface area (Å²) < 4.78 is 1.72. The number of nitrogens with one attached hydrogen (secondary N) is 1. The molecule has 3 aromatic rings. The molecular weight excluding hydrogens is 300 g/mol. The molecule has 0 saturated heterocycles. The van der Waals surface area contributed by atoms with E-state index in [4.69, 9.17) is 0 Å². The van der Waals surface area contributed by atoms with Gasteiger partial charge in [0.15, 0.2) is 5.82 Å². The molecule has 0 saturated carbocycles. The van der Waals surface area contributed by atoms with E-state index in [9.17, 15) is 4.79 Å². The van der Waals surface area contributed by atoms with Gasteiger partial charge in [0.2, 0.25) is 0 Å². The Labute approximate surface area is 141 Å². The Bertz CT molecular complexity index is 840. The first-order chi connectivity index (χ1) is 11.7. The lowest BCUT2D eigenvalue weighted by Gasteiger charge is -2.10. The second-order valence-corrected chi connectivity index (χ2v) is 5.42. The number of nitrogens with zero attached hydrogens (tertiary/aromatic N) is 3. The number of pyridine rings is 1. The summed E-state index contributed by atoms with van der Waals surface area (Å²) in [5.74, 6) is 0.567. The molecule has 5 nitrogen and oxygen atoms in total. The Hall–Kier alpha value is -2.95. The van der Waals surface area contributed by atoms with Crippen molar-refractivity contribution in [3.8, 4) is 5.82 Å². The third-order valence-corrected chi connectivity index (χ3v) is 3.96. The van der Waals surface area contributed by atoms with Gasteiger partial charge < -0.3 is 5.32 Å². The SMILES string of the molecule is CCc1ccccc1NC(=O)c1cnn(-c2ccccn2)c1CC. The highest BCUT2D eigenvalue weighted by molar-refractivity contribution is 6.05. The molecule has 1 aromatic carbocycles. The van der Waals surface area contributed by atoms with Crippen molar-refractivity contribution in [2.75, 3.05) is 5.32 Å². The summed E-state index contributed by atoms with van der Waals surface area (Å²) in [4.78, 5) is 17.0. The Kier molecular flexibility index (Phi) is 4.70. The maximum Gasteiger partial charge on any atom is 0.259 e. The quantitative estimate of drug-likeness (QED) is 0.780. The predicted molar refractivity (Wildman–Crippen MR) is 94.5 cm³/mol. The topological polar surface area (TPSA) is 59.8 Å². The summed E-state index contributed by atoms with van der Waals surface area (Å²) in [7, 11) is 0. The van der Waals surface area contributed by atoms with Crippen LogP contribution in [0.25, 0.3) is 5.82 Å².